The molecule has 1 unspecified atom stereocenters. The summed E-state index contributed by atoms with van der Waals surface area (Å²) in [6.45, 7) is 1.56. The number of aliphatic imine (C=N–C) groups is 1. The van der Waals surface area contributed by atoms with Crippen LogP contribution < -0.4 is 11.1 Å². The van der Waals surface area contributed by atoms with Crippen molar-refractivity contribution >= 4 is 12.1 Å². The summed E-state index contributed by atoms with van der Waals surface area (Å²) in [6.07, 6.45) is 5.32. The Kier molecular flexibility index (Phi) is 4.28. The van der Waals surface area contributed by atoms with Crippen LogP contribution in [0.5, 0.6) is 0 Å². The average Bonchev–Trinajstić information content (AvgIpc) is 3.00. The lowest BCUT2D eigenvalue weighted by molar-refractivity contribution is 0.167. The van der Waals surface area contributed by atoms with Gasteiger partial charge in [-0.3, -0.25) is 0 Å². The number of alkyl carbamates (subject to hydrolysis) is 1. The molecule has 6 nitrogen and oxygen atoms in total. The third kappa shape index (κ3) is 3.27. The molecule has 0 aromatic carbocycles. The summed E-state index contributed by atoms with van der Waals surface area (Å²) < 4.78 is 4.59. The van der Waals surface area contributed by atoms with E-state index in [1.54, 1.807) is 0 Å². The Bertz CT molecular complexity index is 326. The van der Waals surface area contributed by atoms with Crippen molar-refractivity contribution in [2.45, 2.75) is 44.2 Å². The van der Waals surface area contributed by atoms with E-state index in [9.17, 15) is 4.79 Å². The number of rotatable bonds is 2. The first-order valence-corrected chi connectivity index (χ1v) is 6.61. The monoisotopic (exact) mass is 254 g/mol. The van der Waals surface area contributed by atoms with E-state index in [1.807, 2.05) is 4.90 Å². The summed E-state index contributed by atoms with van der Waals surface area (Å²) in [7, 11) is 1.37. The van der Waals surface area contributed by atoms with E-state index in [4.69, 9.17) is 5.73 Å². The smallest absolute Gasteiger partial charge is 0.407 e. The minimum absolute atomic E-state index is 0.106. The van der Waals surface area contributed by atoms with Crippen LogP contribution in [0.3, 0.4) is 0 Å². The van der Waals surface area contributed by atoms with E-state index in [0.717, 1.165) is 32.4 Å². The van der Waals surface area contributed by atoms with Gasteiger partial charge < -0.3 is 20.7 Å². The number of hydrogen-bond acceptors (Lipinski definition) is 3. The van der Waals surface area contributed by atoms with E-state index in [2.05, 4.69) is 15.0 Å². The second-order valence-electron chi connectivity index (χ2n) is 4.99. The summed E-state index contributed by atoms with van der Waals surface area (Å²) in [5, 5.41) is 2.79. The molecule has 1 atom stereocenters. The van der Waals surface area contributed by atoms with Crippen LogP contribution in [0, 0.1) is 0 Å². The summed E-state index contributed by atoms with van der Waals surface area (Å²) >= 11 is 0. The van der Waals surface area contributed by atoms with E-state index >= 15 is 0 Å². The van der Waals surface area contributed by atoms with Crippen LogP contribution in [-0.4, -0.2) is 49.2 Å². The fourth-order valence-electron chi connectivity index (χ4n) is 2.61. The van der Waals surface area contributed by atoms with Gasteiger partial charge in [0.15, 0.2) is 5.96 Å². The summed E-state index contributed by atoms with van der Waals surface area (Å²) in [6, 6.07) is 0.507. The van der Waals surface area contributed by atoms with Crippen molar-refractivity contribution in [2.24, 2.45) is 10.7 Å². The minimum Gasteiger partial charge on any atom is -0.453 e. The fraction of sp³-hybridized carbons (Fsp3) is 0.833. The Morgan fingerprint density at radius 1 is 1.39 bits per heavy atom. The molecule has 1 aliphatic carbocycles. The highest BCUT2D eigenvalue weighted by Gasteiger charge is 2.26. The molecule has 1 heterocycles. The highest BCUT2D eigenvalue weighted by Crippen LogP contribution is 2.21. The number of nitrogens with one attached hydrogen (secondary N) is 1. The van der Waals surface area contributed by atoms with Crippen molar-refractivity contribution in [3.63, 3.8) is 0 Å². The Morgan fingerprint density at radius 2 is 2.11 bits per heavy atom. The summed E-state index contributed by atoms with van der Waals surface area (Å²) in [5.41, 5.74) is 6.02. The van der Waals surface area contributed by atoms with Crippen molar-refractivity contribution < 1.29 is 9.53 Å². The molecule has 0 radical (unpaired) electrons. The SMILES string of the molecule is COC(=O)NC1CCN(C(N)=NC2CCCC2)C1. The minimum atomic E-state index is -0.381. The molecule has 18 heavy (non-hydrogen) atoms. The second-order valence-corrected chi connectivity index (χ2v) is 4.99. The van der Waals surface area contributed by atoms with Crippen LogP contribution in [0.15, 0.2) is 4.99 Å². The summed E-state index contributed by atoms with van der Waals surface area (Å²) in [4.78, 5) is 17.7. The normalized spacial score (nSPS) is 25.5. The Balaban J connectivity index is 1.82. The number of hydrogen-bond donors (Lipinski definition) is 2. The van der Waals surface area contributed by atoms with Gasteiger partial charge in [0.05, 0.1) is 19.2 Å². The van der Waals surface area contributed by atoms with E-state index in [1.165, 1.54) is 20.0 Å². The molecule has 102 valence electrons. The van der Waals surface area contributed by atoms with Crippen LogP contribution in [0.4, 0.5) is 4.79 Å². The van der Waals surface area contributed by atoms with Crippen LogP contribution in [0.1, 0.15) is 32.1 Å². The molecular weight excluding hydrogens is 232 g/mol. The Morgan fingerprint density at radius 3 is 2.78 bits per heavy atom. The lowest BCUT2D eigenvalue weighted by Gasteiger charge is -2.18. The number of nitrogens with two attached hydrogens (primary N) is 1. The number of carbonyl (C=O) groups excluding carboxylic acids is 1. The molecule has 1 amide bonds. The first-order valence-electron chi connectivity index (χ1n) is 6.61. The molecule has 2 aliphatic rings. The van der Waals surface area contributed by atoms with Gasteiger partial charge in [0.1, 0.15) is 0 Å². The number of methoxy groups -OCH3 is 1. The molecule has 2 rings (SSSR count). The van der Waals surface area contributed by atoms with Crippen LogP contribution in [0.2, 0.25) is 0 Å². The third-order valence-corrected chi connectivity index (χ3v) is 3.66. The second kappa shape index (κ2) is 5.93. The largest absolute Gasteiger partial charge is 0.453 e. The van der Waals surface area contributed by atoms with Gasteiger partial charge in [-0.2, -0.15) is 0 Å². The van der Waals surface area contributed by atoms with E-state index in [0.29, 0.717) is 12.0 Å². The topological polar surface area (TPSA) is 80.0 Å². The van der Waals surface area contributed by atoms with Crippen molar-refractivity contribution in [1.82, 2.24) is 10.2 Å². The molecule has 1 aliphatic heterocycles. The van der Waals surface area contributed by atoms with Gasteiger partial charge in [-0.25, -0.2) is 9.79 Å². The zero-order chi connectivity index (χ0) is 13.0. The van der Waals surface area contributed by atoms with Crippen molar-refractivity contribution in [3.8, 4) is 0 Å². The average molecular weight is 254 g/mol. The molecule has 6 heteroatoms. The zero-order valence-corrected chi connectivity index (χ0v) is 10.9. The number of carbonyl (C=O) groups is 1. The van der Waals surface area contributed by atoms with Crippen molar-refractivity contribution in [1.29, 1.82) is 0 Å². The van der Waals surface area contributed by atoms with Crippen LogP contribution in [0.25, 0.3) is 0 Å². The number of nitrogens with zero attached hydrogens (tertiary/aromatic N) is 2. The molecule has 0 aromatic heterocycles. The maximum absolute atomic E-state index is 11.1. The first kappa shape index (κ1) is 13.0. The number of ether oxygens (including phenoxy) is 1. The fourth-order valence-corrected chi connectivity index (χ4v) is 2.61. The lowest BCUT2D eigenvalue weighted by Crippen LogP contribution is -2.41. The quantitative estimate of drug-likeness (QED) is 0.561. The van der Waals surface area contributed by atoms with Crippen LogP contribution in [-0.2, 0) is 4.74 Å². The van der Waals surface area contributed by atoms with Crippen molar-refractivity contribution in [2.75, 3.05) is 20.2 Å². The number of amides is 1. The van der Waals surface area contributed by atoms with Gasteiger partial charge in [-0.1, -0.05) is 12.8 Å². The molecule has 1 saturated heterocycles. The highest BCUT2D eigenvalue weighted by molar-refractivity contribution is 5.78. The van der Waals surface area contributed by atoms with E-state index < -0.39 is 0 Å². The standard InChI is InChI=1S/C12H22N4O2/c1-18-12(17)15-10-6-7-16(8-10)11(13)14-9-4-2-3-5-9/h9-10H,2-8H2,1H3,(H2,13,14)(H,15,17). The van der Waals surface area contributed by atoms with Gasteiger partial charge in [-0.15, -0.1) is 0 Å². The molecular formula is C12H22N4O2. The first-order chi connectivity index (χ1) is 8.69. The molecule has 0 spiro atoms. The number of likely N-dealkylation sites (tertiary alicyclic amines) is 1. The summed E-state index contributed by atoms with van der Waals surface area (Å²) in [5.74, 6) is 0.621. The number of guanidine groups is 1. The third-order valence-electron chi connectivity index (χ3n) is 3.66. The van der Waals surface area contributed by atoms with Gasteiger partial charge in [0.2, 0.25) is 0 Å². The van der Waals surface area contributed by atoms with Crippen LogP contribution >= 0.6 is 0 Å². The molecule has 3 N–H and O–H groups in total. The van der Waals surface area contributed by atoms with Gasteiger partial charge in [-0.05, 0) is 19.3 Å². The van der Waals surface area contributed by atoms with Gasteiger partial charge in [0, 0.05) is 13.1 Å². The van der Waals surface area contributed by atoms with Gasteiger partial charge >= 0.3 is 6.09 Å². The Hall–Kier alpha value is -1.46. The molecule has 1 saturated carbocycles. The molecule has 0 aromatic rings. The maximum Gasteiger partial charge on any atom is 0.407 e. The van der Waals surface area contributed by atoms with E-state index in [-0.39, 0.29) is 12.1 Å². The highest BCUT2D eigenvalue weighted by atomic mass is 16.5. The maximum atomic E-state index is 11.1. The predicted octanol–water partition coefficient (Wildman–Crippen LogP) is 0.674. The molecule has 0 bridgehead atoms. The van der Waals surface area contributed by atoms with Gasteiger partial charge in [0.25, 0.3) is 0 Å². The van der Waals surface area contributed by atoms with Crippen molar-refractivity contribution in [3.05, 3.63) is 0 Å². The predicted molar refractivity (Wildman–Crippen MR) is 69.4 cm³/mol. The zero-order valence-electron chi connectivity index (χ0n) is 10.9. The lowest BCUT2D eigenvalue weighted by atomic mass is 10.3. The Labute approximate surface area is 108 Å². The molecule has 2 fully saturated rings.